The van der Waals surface area contributed by atoms with Gasteiger partial charge in [-0.05, 0) is 25.7 Å². The quantitative estimate of drug-likeness (QED) is 0.761. The van der Waals surface area contributed by atoms with Gasteiger partial charge in [-0.25, -0.2) is 0 Å². The van der Waals surface area contributed by atoms with Gasteiger partial charge < -0.3 is 19.3 Å². The van der Waals surface area contributed by atoms with Crippen LogP contribution in [0.3, 0.4) is 0 Å². The van der Waals surface area contributed by atoms with Crippen LogP contribution in [0.2, 0.25) is 0 Å². The van der Waals surface area contributed by atoms with Crippen molar-refractivity contribution in [2.45, 2.75) is 44.3 Å². The van der Waals surface area contributed by atoms with E-state index in [1.54, 1.807) is 0 Å². The van der Waals surface area contributed by atoms with Crippen LogP contribution in [-0.4, -0.2) is 66.8 Å². The standard InChI is InChI=1S/C17H26N2O4/c20-15(13-1-2-13)18-7-3-14(4-8-18)16(21)19-9-5-17(6-10-19)22-11-12-23-17/h13-14H,1-12H2. The normalized spacial score (nSPS) is 28.3. The summed E-state index contributed by atoms with van der Waals surface area (Å²) in [5.74, 6) is 0.518. The molecule has 0 aromatic rings. The van der Waals surface area contributed by atoms with Crippen molar-refractivity contribution in [3.8, 4) is 0 Å². The second kappa shape index (κ2) is 6.06. The maximum absolute atomic E-state index is 12.7. The van der Waals surface area contributed by atoms with Gasteiger partial charge in [-0.1, -0.05) is 0 Å². The molecular weight excluding hydrogens is 296 g/mol. The van der Waals surface area contributed by atoms with Crippen molar-refractivity contribution in [2.75, 3.05) is 39.4 Å². The van der Waals surface area contributed by atoms with E-state index in [1.807, 2.05) is 9.80 Å². The molecule has 128 valence electrons. The van der Waals surface area contributed by atoms with Gasteiger partial charge in [0.25, 0.3) is 0 Å². The number of carbonyl (C=O) groups is 2. The molecule has 0 N–H and O–H groups in total. The molecule has 3 saturated heterocycles. The van der Waals surface area contributed by atoms with Gasteiger partial charge in [-0.2, -0.15) is 0 Å². The molecule has 6 heteroatoms. The molecule has 4 rings (SSSR count). The molecule has 23 heavy (non-hydrogen) atoms. The first-order chi connectivity index (χ1) is 11.2. The summed E-state index contributed by atoms with van der Waals surface area (Å²) < 4.78 is 11.4. The fraction of sp³-hybridized carbons (Fsp3) is 0.882. The van der Waals surface area contributed by atoms with Crippen LogP contribution in [0.1, 0.15) is 38.5 Å². The highest BCUT2D eigenvalue weighted by atomic mass is 16.7. The average Bonchev–Trinajstić information content (AvgIpc) is 3.36. The lowest BCUT2D eigenvalue weighted by atomic mass is 9.93. The number of carbonyl (C=O) groups excluding carboxylic acids is 2. The summed E-state index contributed by atoms with van der Waals surface area (Å²) >= 11 is 0. The van der Waals surface area contributed by atoms with Gasteiger partial charge in [-0.3, -0.25) is 9.59 Å². The van der Waals surface area contributed by atoms with E-state index < -0.39 is 5.79 Å². The first kappa shape index (κ1) is 15.4. The molecule has 0 radical (unpaired) electrons. The third-order valence-corrected chi connectivity index (χ3v) is 5.73. The van der Waals surface area contributed by atoms with Gasteiger partial charge in [0.15, 0.2) is 5.79 Å². The smallest absolute Gasteiger partial charge is 0.225 e. The summed E-state index contributed by atoms with van der Waals surface area (Å²) in [6.07, 6.45) is 5.28. The Bertz CT molecular complexity index is 467. The van der Waals surface area contributed by atoms with Crippen LogP contribution in [0.25, 0.3) is 0 Å². The predicted molar refractivity (Wildman–Crippen MR) is 82.5 cm³/mol. The lowest BCUT2D eigenvalue weighted by molar-refractivity contribution is -0.188. The molecule has 3 heterocycles. The minimum atomic E-state index is -0.420. The number of amides is 2. The van der Waals surface area contributed by atoms with Crippen LogP contribution in [-0.2, 0) is 19.1 Å². The number of rotatable bonds is 2. The van der Waals surface area contributed by atoms with Crippen molar-refractivity contribution < 1.29 is 19.1 Å². The van der Waals surface area contributed by atoms with Crippen molar-refractivity contribution >= 4 is 11.8 Å². The zero-order chi connectivity index (χ0) is 15.9. The predicted octanol–water partition coefficient (Wildman–Crippen LogP) is 1.00. The maximum Gasteiger partial charge on any atom is 0.225 e. The van der Waals surface area contributed by atoms with E-state index in [0.29, 0.717) is 19.1 Å². The van der Waals surface area contributed by atoms with Crippen LogP contribution in [0.5, 0.6) is 0 Å². The van der Waals surface area contributed by atoms with E-state index in [2.05, 4.69) is 0 Å². The Kier molecular flexibility index (Phi) is 4.05. The van der Waals surface area contributed by atoms with Crippen molar-refractivity contribution in [2.24, 2.45) is 11.8 Å². The summed E-state index contributed by atoms with van der Waals surface area (Å²) in [7, 11) is 0. The largest absolute Gasteiger partial charge is 0.347 e. The summed E-state index contributed by atoms with van der Waals surface area (Å²) in [5, 5.41) is 0. The summed E-state index contributed by atoms with van der Waals surface area (Å²) in [4.78, 5) is 28.7. The number of nitrogens with zero attached hydrogens (tertiary/aromatic N) is 2. The zero-order valence-electron chi connectivity index (χ0n) is 13.7. The van der Waals surface area contributed by atoms with E-state index in [9.17, 15) is 9.59 Å². The number of hydrogen-bond acceptors (Lipinski definition) is 4. The second-order valence-corrected chi connectivity index (χ2v) is 7.31. The highest BCUT2D eigenvalue weighted by Gasteiger charge is 2.42. The zero-order valence-corrected chi connectivity index (χ0v) is 13.7. The average molecular weight is 322 g/mol. The van der Waals surface area contributed by atoms with Crippen LogP contribution in [0.4, 0.5) is 0 Å². The minimum absolute atomic E-state index is 0.0812. The minimum Gasteiger partial charge on any atom is -0.347 e. The molecule has 0 aromatic heterocycles. The molecule has 0 atom stereocenters. The molecule has 0 unspecified atom stereocenters. The first-order valence-corrected chi connectivity index (χ1v) is 9.02. The number of piperidine rings is 2. The number of ether oxygens (including phenoxy) is 2. The third kappa shape index (κ3) is 3.11. The Hall–Kier alpha value is -1.14. The highest BCUT2D eigenvalue weighted by molar-refractivity contribution is 5.82. The molecule has 2 amide bonds. The maximum atomic E-state index is 12.7. The SMILES string of the molecule is O=C(C1CC1)N1CCC(C(=O)N2CCC3(CC2)OCCO3)CC1. The van der Waals surface area contributed by atoms with Crippen molar-refractivity contribution in [1.29, 1.82) is 0 Å². The molecule has 1 aliphatic carbocycles. The molecule has 1 saturated carbocycles. The molecule has 1 spiro atoms. The fourth-order valence-corrected chi connectivity index (χ4v) is 4.05. The van der Waals surface area contributed by atoms with Gasteiger partial charge >= 0.3 is 0 Å². The number of hydrogen-bond donors (Lipinski definition) is 0. The topological polar surface area (TPSA) is 59.1 Å². The Labute approximate surface area is 137 Å². The Morgan fingerprint density at radius 2 is 1.22 bits per heavy atom. The molecule has 4 fully saturated rings. The monoisotopic (exact) mass is 322 g/mol. The van der Waals surface area contributed by atoms with Gasteiger partial charge in [0, 0.05) is 50.9 Å². The lowest BCUT2D eigenvalue weighted by Crippen LogP contribution is -2.50. The van der Waals surface area contributed by atoms with Gasteiger partial charge in [0.2, 0.25) is 11.8 Å². The Morgan fingerprint density at radius 3 is 1.74 bits per heavy atom. The fourth-order valence-electron chi connectivity index (χ4n) is 4.05. The first-order valence-electron chi connectivity index (χ1n) is 9.02. The van der Waals surface area contributed by atoms with Crippen LogP contribution >= 0.6 is 0 Å². The van der Waals surface area contributed by atoms with E-state index in [4.69, 9.17) is 9.47 Å². The van der Waals surface area contributed by atoms with Crippen molar-refractivity contribution in [3.63, 3.8) is 0 Å². The van der Waals surface area contributed by atoms with Gasteiger partial charge in [-0.15, -0.1) is 0 Å². The molecule has 6 nitrogen and oxygen atoms in total. The molecule has 0 aromatic carbocycles. The van der Waals surface area contributed by atoms with Crippen LogP contribution < -0.4 is 0 Å². The van der Waals surface area contributed by atoms with Crippen LogP contribution in [0, 0.1) is 11.8 Å². The molecular formula is C17H26N2O4. The second-order valence-electron chi connectivity index (χ2n) is 7.31. The summed E-state index contributed by atoms with van der Waals surface area (Å²) in [6.45, 7) is 4.27. The van der Waals surface area contributed by atoms with Gasteiger partial charge in [0.1, 0.15) is 0 Å². The van der Waals surface area contributed by atoms with Crippen molar-refractivity contribution in [1.82, 2.24) is 9.80 Å². The summed E-state index contributed by atoms with van der Waals surface area (Å²) in [6, 6.07) is 0. The summed E-state index contributed by atoms with van der Waals surface area (Å²) in [5.41, 5.74) is 0. The van der Waals surface area contributed by atoms with E-state index >= 15 is 0 Å². The lowest BCUT2D eigenvalue weighted by Gasteiger charge is -2.40. The van der Waals surface area contributed by atoms with Crippen molar-refractivity contribution in [3.05, 3.63) is 0 Å². The molecule has 4 aliphatic rings. The van der Waals surface area contributed by atoms with Gasteiger partial charge in [0.05, 0.1) is 13.2 Å². The van der Waals surface area contributed by atoms with Crippen LogP contribution in [0.15, 0.2) is 0 Å². The molecule has 3 aliphatic heterocycles. The van der Waals surface area contributed by atoms with E-state index in [0.717, 1.165) is 64.7 Å². The highest BCUT2D eigenvalue weighted by Crippen LogP contribution is 2.34. The Morgan fingerprint density at radius 1 is 0.739 bits per heavy atom. The number of likely N-dealkylation sites (tertiary alicyclic amines) is 2. The van der Waals surface area contributed by atoms with E-state index in [-0.39, 0.29) is 17.7 Å². The molecule has 0 bridgehead atoms. The van der Waals surface area contributed by atoms with E-state index in [1.165, 1.54) is 0 Å². The Balaban J connectivity index is 1.26. The third-order valence-electron chi connectivity index (χ3n) is 5.73.